The van der Waals surface area contributed by atoms with E-state index in [0.717, 1.165) is 11.4 Å². The van der Waals surface area contributed by atoms with Crippen molar-refractivity contribution in [3.8, 4) is 0 Å². The van der Waals surface area contributed by atoms with Crippen LogP contribution < -0.4 is 5.84 Å². The second kappa shape index (κ2) is 5.12. The Bertz CT molecular complexity index is 397. The van der Waals surface area contributed by atoms with E-state index in [-0.39, 0.29) is 5.91 Å². The van der Waals surface area contributed by atoms with Gasteiger partial charge in [-0.3, -0.25) is 9.80 Å². The molecule has 1 rings (SSSR count). The Kier molecular flexibility index (Phi) is 4.07. The van der Waals surface area contributed by atoms with E-state index in [1.807, 2.05) is 0 Å². The normalized spacial score (nSPS) is 10.3. The summed E-state index contributed by atoms with van der Waals surface area (Å²) in [6.45, 7) is 6.28. The first-order valence-electron chi connectivity index (χ1n) is 5.49. The molecule has 0 aliphatic carbocycles. The maximum Gasteiger partial charge on any atom is 0.236 e. The molecule has 0 radical (unpaired) electrons. The van der Waals surface area contributed by atoms with Crippen molar-refractivity contribution in [3.05, 3.63) is 34.4 Å². The summed E-state index contributed by atoms with van der Waals surface area (Å²) in [6, 6.07) is 4.33. The predicted molar refractivity (Wildman–Crippen MR) is 65.9 cm³/mol. The summed E-state index contributed by atoms with van der Waals surface area (Å²) in [5.74, 6) is 5.35. The van der Waals surface area contributed by atoms with Crippen LogP contribution in [0, 0.1) is 20.8 Å². The molecule has 0 saturated heterocycles. The van der Waals surface area contributed by atoms with Gasteiger partial charge >= 0.3 is 0 Å². The van der Waals surface area contributed by atoms with Crippen LogP contribution in [0.1, 0.15) is 28.7 Å². The van der Waals surface area contributed by atoms with E-state index in [1.165, 1.54) is 22.3 Å². The Morgan fingerprint density at radius 1 is 1.19 bits per heavy atom. The lowest BCUT2D eigenvalue weighted by atomic mass is 9.97. The Morgan fingerprint density at radius 2 is 1.75 bits per heavy atom. The topological polar surface area (TPSA) is 46.3 Å². The van der Waals surface area contributed by atoms with Crippen LogP contribution in [-0.4, -0.2) is 18.0 Å². The average molecular weight is 220 g/mol. The summed E-state index contributed by atoms with van der Waals surface area (Å²) in [6.07, 6.45) is 1.23. The molecule has 0 bridgehead atoms. The van der Waals surface area contributed by atoms with Gasteiger partial charge in [-0.25, -0.2) is 5.84 Å². The third kappa shape index (κ3) is 3.07. The Hall–Kier alpha value is -1.35. The summed E-state index contributed by atoms with van der Waals surface area (Å²) >= 11 is 0. The molecule has 1 aromatic carbocycles. The molecule has 0 aromatic heterocycles. The lowest BCUT2D eigenvalue weighted by molar-refractivity contribution is -0.130. The molecular weight excluding hydrogens is 200 g/mol. The largest absolute Gasteiger partial charge is 0.284 e. The van der Waals surface area contributed by atoms with E-state index in [0.29, 0.717) is 6.42 Å². The van der Waals surface area contributed by atoms with E-state index < -0.39 is 0 Å². The maximum absolute atomic E-state index is 11.4. The van der Waals surface area contributed by atoms with Crippen LogP contribution >= 0.6 is 0 Å². The third-order valence-corrected chi connectivity index (χ3v) is 2.95. The van der Waals surface area contributed by atoms with Gasteiger partial charge in [-0.05, 0) is 49.4 Å². The highest BCUT2D eigenvalue weighted by atomic mass is 16.2. The Labute approximate surface area is 97.2 Å². The molecule has 88 valence electrons. The first-order chi connectivity index (χ1) is 7.41. The lowest BCUT2D eigenvalue weighted by Gasteiger charge is -2.12. The SMILES string of the molecule is Cc1cc(C)c(CCC(=O)N(C)N)cc1C. The minimum atomic E-state index is -0.0300. The van der Waals surface area contributed by atoms with Crippen molar-refractivity contribution in [2.75, 3.05) is 7.05 Å². The highest BCUT2D eigenvalue weighted by molar-refractivity contribution is 5.75. The van der Waals surface area contributed by atoms with E-state index in [4.69, 9.17) is 5.84 Å². The molecule has 2 N–H and O–H groups in total. The monoisotopic (exact) mass is 220 g/mol. The molecule has 3 nitrogen and oxygen atoms in total. The molecule has 0 aliphatic heterocycles. The number of hydrogen-bond donors (Lipinski definition) is 1. The maximum atomic E-state index is 11.4. The zero-order valence-corrected chi connectivity index (χ0v) is 10.5. The number of nitrogens with zero attached hydrogens (tertiary/aromatic N) is 1. The van der Waals surface area contributed by atoms with E-state index in [9.17, 15) is 4.79 Å². The molecule has 1 amide bonds. The Balaban J connectivity index is 2.75. The molecule has 0 fully saturated rings. The van der Waals surface area contributed by atoms with Gasteiger partial charge in [-0.1, -0.05) is 12.1 Å². The average Bonchev–Trinajstić information content (AvgIpc) is 2.20. The molecule has 0 unspecified atom stereocenters. The van der Waals surface area contributed by atoms with Gasteiger partial charge in [-0.2, -0.15) is 0 Å². The van der Waals surface area contributed by atoms with Crippen LogP contribution in [0.4, 0.5) is 0 Å². The molecule has 0 aliphatic rings. The van der Waals surface area contributed by atoms with Crippen molar-refractivity contribution >= 4 is 5.91 Å². The Morgan fingerprint density at radius 3 is 2.31 bits per heavy atom. The van der Waals surface area contributed by atoms with Gasteiger partial charge < -0.3 is 0 Å². The summed E-state index contributed by atoms with van der Waals surface area (Å²) in [5.41, 5.74) is 5.05. The number of amides is 1. The fourth-order valence-corrected chi connectivity index (χ4v) is 1.71. The number of aryl methyl sites for hydroxylation is 4. The number of benzene rings is 1. The van der Waals surface area contributed by atoms with Crippen molar-refractivity contribution in [1.82, 2.24) is 5.01 Å². The molecular formula is C13H20N2O. The summed E-state index contributed by atoms with van der Waals surface area (Å²) in [4.78, 5) is 11.4. The van der Waals surface area contributed by atoms with Gasteiger partial charge in [0.15, 0.2) is 0 Å². The molecule has 0 heterocycles. The van der Waals surface area contributed by atoms with Gasteiger partial charge in [0, 0.05) is 13.5 Å². The first-order valence-corrected chi connectivity index (χ1v) is 5.49. The first kappa shape index (κ1) is 12.7. The highest BCUT2D eigenvalue weighted by Gasteiger charge is 2.07. The van der Waals surface area contributed by atoms with E-state index in [1.54, 1.807) is 7.05 Å². The van der Waals surface area contributed by atoms with Crippen LogP contribution in [0.15, 0.2) is 12.1 Å². The minimum absolute atomic E-state index is 0.0300. The van der Waals surface area contributed by atoms with Crippen molar-refractivity contribution in [1.29, 1.82) is 0 Å². The van der Waals surface area contributed by atoms with Crippen molar-refractivity contribution < 1.29 is 4.79 Å². The van der Waals surface area contributed by atoms with Gasteiger partial charge in [0.1, 0.15) is 0 Å². The zero-order valence-electron chi connectivity index (χ0n) is 10.5. The van der Waals surface area contributed by atoms with Crippen LogP contribution in [0.3, 0.4) is 0 Å². The number of rotatable bonds is 3. The van der Waals surface area contributed by atoms with Gasteiger partial charge in [0.2, 0.25) is 5.91 Å². The zero-order chi connectivity index (χ0) is 12.3. The van der Waals surface area contributed by atoms with Gasteiger partial charge in [0.05, 0.1) is 0 Å². The van der Waals surface area contributed by atoms with E-state index >= 15 is 0 Å². The van der Waals surface area contributed by atoms with E-state index in [2.05, 4.69) is 32.9 Å². The fourth-order valence-electron chi connectivity index (χ4n) is 1.71. The van der Waals surface area contributed by atoms with Crippen molar-refractivity contribution in [2.45, 2.75) is 33.6 Å². The second-order valence-electron chi connectivity index (χ2n) is 4.37. The summed E-state index contributed by atoms with van der Waals surface area (Å²) < 4.78 is 0. The van der Waals surface area contributed by atoms with Crippen LogP contribution in [0.2, 0.25) is 0 Å². The number of carbonyl (C=O) groups excluding carboxylic acids is 1. The van der Waals surface area contributed by atoms with Crippen LogP contribution in [-0.2, 0) is 11.2 Å². The molecule has 3 heteroatoms. The predicted octanol–water partition coefficient (Wildman–Crippen LogP) is 1.88. The highest BCUT2D eigenvalue weighted by Crippen LogP contribution is 2.16. The quantitative estimate of drug-likeness (QED) is 0.480. The standard InChI is InChI=1S/C13H20N2O/c1-9-7-11(3)12(8-10(9)2)5-6-13(16)15(4)14/h7-8H,5-6,14H2,1-4H3. The van der Waals surface area contributed by atoms with Crippen LogP contribution in [0.25, 0.3) is 0 Å². The third-order valence-electron chi connectivity index (χ3n) is 2.95. The fraction of sp³-hybridized carbons (Fsp3) is 0.462. The number of hydrogen-bond acceptors (Lipinski definition) is 2. The number of hydrazine groups is 1. The molecule has 1 aromatic rings. The molecule has 0 saturated carbocycles. The van der Waals surface area contributed by atoms with Gasteiger partial charge in [0.25, 0.3) is 0 Å². The minimum Gasteiger partial charge on any atom is -0.284 e. The second-order valence-corrected chi connectivity index (χ2v) is 4.37. The lowest BCUT2D eigenvalue weighted by Crippen LogP contribution is -2.33. The molecule has 16 heavy (non-hydrogen) atoms. The van der Waals surface area contributed by atoms with Crippen LogP contribution in [0.5, 0.6) is 0 Å². The van der Waals surface area contributed by atoms with Crippen molar-refractivity contribution in [2.24, 2.45) is 5.84 Å². The summed E-state index contributed by atoms with van der Waals surface area (Å²) in [5, 5.41) is 1.15. The number of nitrogens with two attached hydrogens (primary N) is 1. The van der Waals surface area contributed by atoms with Gasteiger partial charge in [-0.15, -0.1) is 0 Å². The summed E-state index contributed by atoms with van der Waals surface area (Å²) in [7, 11) is 1.58. The number of carbonyl (C=O) groups is 1. The molecule has 0 spiro atoms. The molecule has 0 atom stereocenters. The van der Waals surface area contributed by atoms with Crippen molar-refractivity contribution in [3.63, 3.8) is 0 Å². The smallest absolute Gasteiger partial charge is 0.236 e.